The van der Waals surface area contributed by atoms with Crippen LogP contribution in [0, 0.1) is 5.41 Å². The van der Waals surface area contributed by atoms with E-state index in [0.29, 0.717) is 11.5 Å². The lowest BCUT2D eigenvalue weighted by atomic mass is 9.75. The SMILES string of the molecule is COc1ccc(NC2CCC(C)(C)CC2)nc1. The highest BCUT2D eigenvalue weighted by Crippen LogP contribution is 2.35. The zero-order valence-corrected chi connectivity index (χ0v) is 11.0. The third-order valence-corrected chi connectivity index (χ3v) is 3.66. The molecule has 94 valence electrons. The van der Waals surface area contributed by atoms with Crippen LogP contribution in [0.5, 0.6) is 5.75 Å². The fraction of sp³-hybridized carbons (Fsp3) is 0.643. The molecule has 1 aromatic heterocycles. The Bertz CT molecular complexity index is 349. The molecule has 0 radical (unpaired) electrons. The summed E-state index contributed by atoms with van der Waals surface area (Å²) in [5.74, 6) is 1.76. The summed E-state index contributed by atoms with van der Waals surface area (Å²) < 4.78 is 5.10. The van der Waals surface area contributed by atoms with Crippen LogP contribution in [-0.2, 0) is 0 Å². The molecule has 0 atom stereocenters. The van der Waals surface area contributed by atoms with E-state index in [1.165, 1.54) is 25.7 Å². The Morgan fingerprint density at radius 3 is 2.53 bits per heavy atom. The van der Waals surface area contributed by atoms with Crippen molar-refractivity contribution >= 4 is 5.82 Å². The van der Waals surface area contributed by atoms with Crippen LogP contribution in [0.25, 0.3) is 0 Å². The average Bonchev–Trinajstić information content (AvgIpc) is 2.33. The summed E-state index contributed by atoms with van der Waals surface area (Å²) >= 11 is 0. The topological polar surface area (TPSA) is 34.1 Å². The van der Waals surface area contributed by atoms with E-state index >= 15 is 0 Å². The van der Waals surface area contributed by atoms with Gasteiger partial charge in [0.05, 0.1) is 13.3 Å². The van der Waals surface area contributed by atoms with Gasteiger partial charge in [-0.1, -0.05) is 13.8 Å². The Morgan fingerprint density at radius 2 is 2.00 bits per heavy atom. The van der Waals surface area contributed by atoms with Crippen LogP contribution >= 0.6 is 0 Å². The number of hydrogen-bond acceptors (Lipinski definition) is 3. The highest BCUT2D eigenvalue weighted by atomic mass is 16.5. The van der Waals surface area contributed by atoms with E-state index in [4.69, 9.17) is 4.74 Å². The molecule has 1 aliphatic carbocycles. The number of hydrogen-bond donors (Lipinski definition) is 1. The molecule has 0 saturated heterocycles. The van der Waals surface area contributed by atoms with Crippen molar-refractivity contribution in [3.05, 3.63) is 18.3 Å². The van der Waals surface area contributed by atoms with E-state index in [9.17, 15) is 0 Å². The fourth-order valence-electron chi connectivity index (χ4n) is 2.34. The van der Waals surface area contributed by atoms with Crippen molar-refractivity contribution in [3.63, 3.8) is 0 Å². The predicted octanol–water partition coefficient (Wildman–Crippen LogP) is 3.47. The maximum atomic E-state index is 5.10. The van der Waals surface area contributed by atoms with Crippen molar-refractivity contribution < 1.29 is 4.74 Å². The standard InChI is InChI=1S/C14H22N2O/c1-14(2)8-6-11(7-9-14)16-13-5-4-12(17-3)10-15-13/h4-5,10-11H,6-9H2,1-3H3,(H,15,16). The maximum Gasteiger partial charge on any atom is 0.137 e. The average molecular weight is 234 g/mol. The van der Waals surface area contributed by atoms with Crippen LogP contribution in [0.2, 0.25) is 0 Å². The Balaban J connectivity index is 1.89. The quantitative estimate of drug-likeness (QED) is 0.869. The van der Waals surface area contributed by atoms with Gasteiger partial charge in [-0.2, -0.15) is 0 Å². The largest absolute Gasteiger partial charge is 0.495 e. The maximum absolute atomic E-state index is 5.10. The van der Waals surface area contributed by atoms with E-state index in [0.717, 1.165) is 11.6 Å². The predicted molar refractivity (Wildman–Crippen MR) is 70.4 cm³/mol. The van der Waals surface area contributed by atoms with E-state index in [1.807, 2.05) is 12.1 Å². The third-order valence-electron chi connectivity index (χ3n) is 3.66. The third kappa shape index (κ3) is 3.35. The first kappa shape index (κ1) is 12.2. The van der Waals surface area contributed by atoms with E-state index in [1.54, 1.807) is 13.3 Å². The van der Waals surface area contributed by atoms with Gasteiger partial charge in [-0.15, -0.1) is 0 Å². The van der Waals surface area contributed by atoms with Crippen molar-refractivity contribution in [1.82, 2.24) is 4.98 Å². The van der Waals surface area contributed by atoms with Crippen LogP contribution in [-0.4, -0.2) is 18.1 Å². The van der Waals surface area contributed by atoms with Gasteiger partial charge in [0.15, 0.2) is 0 Å². The summed E-state index contributed by atoms with van der Waals surface area (Å²) in [5, 5.41) is 3.50. The first-order chi connectivity index (χ1) is 8.09. The molecular formula is C14H22N2O. The molecule has 2 rings (SSSR count). The molecule has 1 aromatic rings. The molecule has 0 bridgehead atoms. The summed E-state index contributed by atoms with van der Waals surface area (Å²) in [5.41, 5.74) is 0.519. The zero-order valence-electron chi connectivity index (χ0n) is 11.0. The Labute approximate surface area is 104 Å². The van der Waals surface area contributed by atoms with Crippen LogP contribution in [0.1, 0.15) is 39.5 Å². The second-order valence-electron chi connectivity index (χ2n) is 5.67. The minimum absolute atomic E-state index is 0.519. The highest BCUT2D eigenvalue weighted by molar-refractivity contribution is 5.38. The second kappa shape index (κ2) is 4.94. The molecule has 0 aliphatic heterocycles. The van der Waals surface area contributed by atoms with Crippen LogP contribution in [0.4, 0.5) is 5.82 Å². The molecular weight excluding hydrogens is 212 g/mol. The number of rotatable bonds is 3. The minimum Gasteiger partial charge on any atom is -0.495 e. The van der Waals surface area contributed by atoms with E-state index < -0.39 is 0 Å². The minimum atomic E-state index is 0.519. The molecule has 3 heteroatoms. The highest BCUT2D eigenvalue weighted by Gasteiger charge is 2.26. The number of nitrogens with one attached hydrogen (secondary N) is 1. The molecule has 1 aliphatic rings. The van der Waals surface area contributed by atoms with E-state index in [2.05, 4.69) is 24.1 Å². The van der Waals surface area contributed by atoms with Crippen LogP contribution in [0.3, 0.4) is 0 Å². The molecule has 0 amide bonds. The van der Waals surface area contributed by atoms with Gasteiger partial charge in [-0.05, 0) is 43.2 Å². The molecule has 1 heterocycles. The lowest BCUT2D eigenvalue weighted by Gasteiger charge is -2.34. The first-order valence-corrected chi connectivity index (χ1v) is 6.36. The summed E-state index contributed by atoms with van der Waals surface area (Å²) in [4.78, 5) is 4.34. The molecule has 1 fully saturated rings. The van der Waals surface area contributed by atoms with Crippen molar-refractivity contribution in [3.8, 4) is 5.75 Å². The fourth-order valence-corrected chi connectivity index (χ4v) is 2.34. The lowest BCUT2D eigenvalue weighted by Crippen LogP contribution is -2.30. The summed E-state index contributed by atoms with van der Waals surface area (Å²) in [6, 6.07) is 4.50. The molecule has 0 spiro atoms. The molecule has 17 heavy (non-hydrogen) atoms. The van der Waals surface area contributed by atoms with Gasteiger partial charge in [0.2, 0.25) is 0 Å². The second-order valence-corrected chi connectivity index (χ2v) is 5.67. The monoisotopic (exact) mass is 234 g/mol. The number of ether oxygens (including phenoxy) is 1. The zero-order chi connectivity index (χ0) is 12.3. The van der Waals surface area contributed by atoms with Gasteiger partial charge in [0, 0.05) is 6.04 Å². The summed E-state index contributed by atoms with van der Waals surface area (Å²) in [7, 11) is 1.66. The smallest absolute Gasteiger partial charge is 0.137 e. The van der Waals surface area contributed by atoms with Crippen molar-refractivity contribution in [2.75, 3.05) is 12.4 Å². The van der Waals surface area contributed by atoms with Gasteiger partial charge >= 0.3 is 0 Å². The normalized spacial score (nSPS) is 19.9. The number of nitrogens with zero attached hydrogens (tertiary/aromatic N) is 1. The lowest BCUT2D eigenvalue weighted by molar-refractivity contribution is 0.232. The Morgan fingerprint density at radius 1 is 1.29 bits per heavy atom. The number of pyridine rings is 1. The van der Waals surface area contributed by atoms with Crippen LogP contribution in [0.15, 0.2) is 18.3 Å². The summed E-state index contributed by atoms with van der Waals surface area (Å²) in [6.07, 6.45) is 6.82. The van der Waals surface area contributed by atoms with E-state index in [-0.39, 0.29) is 0 Å². The van der Waals surface area contributed by atoms with Gasteiger partial charge in [0.1, 0.15) is 11.6 Å². The molecule has 1 saturated carbocycles. The van der Waals surface area contributed by atoms with Crippen molar-refractivity contribution in [1.29, 1.82) is 0 Å². The number of aromatic nitrogens is 1. The molecule has 0 aromatic carbocycles. The van der Waals surface area contributed by atoms with Gasteiger partial charge in [-0.3, -0.25) is 0 Å². The number of anilines is 1. The van der Waals surface area contributed by atoms with Crippen molar-refractivity contribution in [2.24, 2.45) is 5.41 Å². The van der Waals surface area contributed by atoms with Gasteiger partial charge in [-0.25, -0.2) is 4.98 Å². The molecule has 1 N–H and O–H groups in total. The molecule has 3 nitrogen and oxygen atoms in total. The van der Waals surface area contributed by atoms with Gasteiger partial charge in [0.25, 0.3) is 0 Å². The first-order valence-electron chi connectivity index (χ1n) is 6.36. The Kier molecular flexibility index (Phi) is 3.55. The summed E-state index contributed by atoms with van der Waals surface area (Å²) in [6.45, 7) is 4.71. The van der Waals surface area contributed by atoms with Crippen LogP contribution < -0.4 is 10.1 Å². The van der Waals surface area contributed by atoms with Crippen molar-refractivity contribution in [2.45, 2.75) is 45.6 Å². The molecule has 0 unspecified atom stereocenters. The Hall–Kier alpha value is -1.25. The van der Waals surface area contributed by atoms with Gasteiger partial charge < -0.3 is 10.1 Å². The number of methoxy groups -OCH3 is 1.